The average Bonchev–Trinajstić information content (AvgIpc) is 2.22. The maximum atomic E-state index is 5.73. The van der Waals surface area contributed by atoms with Gasteiger partial charge in [-0.05, 0) is 73.9 Å². The van der Waals surface area contributed by atoms with Crippen molar-refractivity contribution in [2.24, 2.45) is 0 Å². The van der Waals surface area contributed by atoms with Crippen molar-refractivity contribution in [3.63, 3.8) is 0 Å². The predicted molar refractivity (Wildman–Crippen MR) is 80.6 cm³/mol. The molecule has 0 aromatic heterocycles. The van der Waals surface area contributed by atoms with Gasteiger partial charge >= 0.3 is 0 Å². The number of ether oxygens (including phenoxy) is 1. The van der Waals surface area contributed by atoms with Crippen molar-refractivity contribution >= 4 is 28.3 Å². The van der Waals surface area contributed by atoms with Crippen LogP contribution in [0.25, 0.3) is 0 Å². The Labute approximate surface area is 117 Å². The highest BCUT2D eigenvalue weighted by Crippen LogP contribution is 2.27. The van der Waals surface area contributed by atoms with Gasteiger partial charge in [0.25, 0.3) is 0 Å². The fourth-order valence-corrected chi connectivity index (χ4v) is 2.79. The van der Waals surface area contributed by atoms with Crippen LogP contribution in [0.15, 0.2) is 18.2 Å². The smallest absolute Gasteiger partial charge is 0.0646 e. The van der Waals surface area contributed by atoms with Gasteiger partial charge in [-0.1, -0.05) is 6.07 Å². The molecule has 1 aliphatic heterocycles. The highest BCUT2D eigenvalue weighted by Gasteiger charge is 2.28. The van der Waals surface area contributed by atoms with E-state index in [4.69, 9.17) is 4.74 Å². The molecular formula is C14H20INO. The van der Waals surface area contributed by atoms with Gasteiger partial charge in [-0.3, -0.25) is 0 Å². The number of aryl methyl sites for hydroxylation is 1. The van der Waals surface area contributed by atoms with E-state index in [0.29, 0.717) is 6.04 Å². The Morgan fingerprint density at radius 3 is 2.82 bits per heavy atom. The molecule has 1 saturated heterocycles. The minimum Gasteiger partial charge on any atom is -0.382 e. The summed E-state index contributed by atoms with van der Waals surface area (Å²) in [5, 5.41) is 3.62. The predicted octanol–water partition coefficient (Wildman–Crippen LogP) is 3.97. The molecule has 0 radical (unpaired) electrons. The van der Waals surface area contributed by atoms with Crippen molar-refractivity contribution in [2.75, 3.05) is 11.9 Å². The summed E-state index contributed by atoms with van der Waals surface area (Å²) in [7, 11) is 0. The minimum atomic E-state index is 0.00771. The van der Waals surface area contributed by atoms with Crippen LogP contribution in [0.3, 0.4) is 0 Å². The number of benzene rings is 1. The lowest BCUT2D eigenvalue weighted by Gasteiger charge is -2.36. The second-order valence-electron chi connectivity index (χ2n) is 5.41. The summed E-state index contributed by atoms with van der Waals surface area (Å²) in [6.45, 7) is 7.33. The Hall–Kier alpha value is -0.290. The van der Waals surface area contributed by atoms with Crippen molar-refractivity contribution in [3.05, 3.63) is 27.3 Å². The molecular weight excluding hydrogens is 325 g/mol. The maximum absolute atomic E-state index is 5.73. The van der Waals surface area contributed by atoms with E-state index in [1.807, 2.05) is 0 Å². The van der Waals surface area contributed by atoms with Gasteiger partial charge in [0, 0.05) is 21.9 Å². The summed E-state index contributed by atoms with van der Waals surface area (Å²) in [5.74, 6) is 0. The minimum absolute atomic E-state index is 0.00771. The molecule has 0 amide bonds. The summed E-state index contributed by atoms with van der Waals surface area (Å²) in [5.41, 5.74) is 2.57. The zero-order valence-electron chi connectivity index (χ0n) is 10.7. The molecule has 1 aliphatic rings. The van der Waals surface area contributed by atoms with E-state index in [9.17, 15) is 0 Å². The monoisotopic (exact) mass is 345 g/mol. The van der Waals surface area contributed by atoms with E-state index in [0.717, 1.165) is 19.4 Å². The summed E-state index contributed by atoms with van der Waals surface area (Å²) >= 11 is 2.39. The highest BCUT2D eigenvalue weighted by molar-refractivity contribution is 14.1. The lowest BCUT2D eigenvalue weighted by Crippen LogP contribution is -2.40. The molecule has 0 bridgehead atoms. The maximum Gasteiger partial charge on any atom is 0.0646 e. The lowest BCUT2D eigenvalue weighted by atomic mass is 9.94. The molecule has 1 heterocycles. The molecule has 94 valence electrons. The molecule has 1 fully saturated rings. The summed E-state index contributed by atoms with van der Waals surface area (Å²) in [6, 6.07) is 7.09. The number of anilines is 1. The first-order valence-corrected chi connectivity index (χ1v) is 7.21. The first-order chi connectivity index (χ1) is 7.96. The van der Waals surface area contributed by atoms with Gasteiger partial charge in [0.2, 0.25) is 0 Å². The van der Waals surface area contributed by atoms with Crippen LogP contribution in [-0.4, -0.2) is 18.2 Å². The summed E-state index contributed by atoms with van der Waals surface area (Å²) < 4.78 is 7.05. The standard InChI is InChI=1S/C14H20INO/c1-10-4-5-11(8-13(10)15)16-12-6-7-17-14(2,3)9-12/h4-5,8,12,16H,6-7,9H2,1-3H3. The van der Waals surface area contributed by atoms with E-state index in [2.05, 4.69) is 66.9 Å². The number of rotatable bonds is 2. The van der Waals surface area contributed by atoms with E-state index >= 15 is 0 Å². The van der Waals surface area contributed by atoms with Crippen molar-refractivity contribution in [1.29, 1.82) is 0 Å². The molecule has 3 heteroatoms. The second kappa shape index (κ2) is 5.14. The Kier molecular flexibility index (Phi) is 3.98. The highest BCUT2D eigenvalue weighted by atomic mass is 127. The zero-order valence-corrected chi connectivity index (χ0v) is 12.9. The number of nitrogens with one attached hydrogen (secondary N) is 1. The number of hydrogen-bond acceptors (Lipinski definition) is 2. The average molecular weight is 345 g/mol. The quantitative estimate of drug-likeness (QED) is 0.819. The zero-order chi connectivity index (χ0) is 12.5. The van der Waals surface area contributed by atoms with Crippen LogP contribution in [-0.2, 0) is 4.74 Å². The molecule has 0 spiro atoms. The summed E-state index contributed by atoms with van der Waals surface area (Å²) in [4.78, 5) is 0. The first-order valence-electron chi connectivity index (χ1n) is 6.13. The third kappa shape index (κ3) is 3.58. The van der Waals surface area contributed by atoms with Gasteiger partial charge in [-0.2, -0.15) is 0 Å². The second-order valence-corrected chi connectivity index (χ2v) is 6.57. The number of halogens is 1. The molecule has 1 aromatic rings. The molecule has 17 heavy (non-hydrogen) atoms. The van der Waals surface area contributed by atoms with E-state index in [1.54, 1.807) is 0 Å². The molecule has 2 nitrogen and oxygen atoms in total. The summed E-state index contributed by atoms with van der Waals surface area (Å²) in [6.07, 6.45) is 2.16. The van der Waals surface area contributed by atoms with E-state index < -0.39 is 0 Å². The van der Waals surface area contributed by atoms with Crippen LogP contribution in [0.5, 0.6) is 0 Å². The van der Waals surface area contributed by atoms with Gasteiger partial charge in [-0.15, -0.1) is 0 Å². The SMILES string of the molecule is Cc1ccc(NC2CCOC(C)(C)C2)cc1I. The lowest BCUT2D eigenvalue weighted by molar-refractivity contribution is -0.0553. The topological polar surface area (TPSA) is 21.3 Å². The third-order valence-electron chi connectivity index (χ3n) is 3.24. The van der Waals surface area contributed by atoms with Crippen LogP contribution in [0.2, 0.25) is 0 Å². The van der Waals surface area contributed by atoms with Crippen LogP contribution >= 0.6 is 22.6 Å². The molecule has 2 rings (SSSR count). The van der Waals surface area contributed by atoms with Crippen LogP contribution in [0.4, 0.5) is 5.69 Å². The van der Waals surface area contributed by atoms with Gasteiger partial charge in [-0.25, -0.2) is 0 Å². The van der Waals surface area contributed by atoms with Crippen LogP contribution in [0.1, 0.15) is 32.3 Å². The Balaban J connectivity index is 2.03. The van der Waals surface area contributed by atoms with Crippen LogP contribution in [0, 0.1) is 10.5 Å². The van der Waals surface area contributed by atoms with Crippen molar-refractivity contribution in [2.45, 2.75) is 45.3 Å². The first kappa shape index (κ1) is 13.1. The van der Waals surface area contributed by atoms with E-state index in [-0.39, 0.29) is 5.60 Å². The number of hydrogen-bond donors (Lipinski definition) is 1. The van der Waals surface area contributed by atoms with Gasteiger partial charge in [0.1, 0.15) is 0 Å². The van der Waals surface area contributed by atoms with Crippen molar-refractivity contribution < 1.29 is 4.74 Å². The Bertz CT molecular complexity index is 403. The van der Waals surface area contributed by atoms with Crippen LogP contribution < -0.4 is 5.32 Å². The third-order valence-corrected chi connectivity index (χ3v) is 4.40. The fourth-order valence-electron chi connectivity index (χ4n) is 2.27. The van der Waals surface area contributed by atoms with Crippen molar-refractivity contribution in [1.82, 2.24) is 0 Å². The molecule has 1 unspecified atom stereocenters. The largest absolute Gasteiger partial charge is 0.382 e. The normalized spacial score (nSPS) is 23.4. The Morgan fingerprint density at radius 2 is 2.18 bits per heavy atom. The van der Waals surface area contributed by atoms with E-state index in [1.165, 1.54) is 14.8 Å². The molecule has 1 N–H and O–H groups in total. The fraction of sp³-hybridized carbons (Fsp3) is 0.571. The molecule has 0 saturated carbocycles. The molecule has 1 aromatic carbocycles. The van der Waals surface area contributed by atoms with Gasteiger partial charge < -0.3 is 10.1 Å². The van der Waals surface area contributed by atoms with Crippen molar-refractivity contribution in [3.8, 4) is 0 Å². The Morgan fingerprint density at radius 1 is 1.41 bits per heavy atom. The van der Waals surface area contributed by atoms with Gasteiger partial charge in [0.15, 0.2) is 0 Å². The molecule has 1 atom stereocenters. The van der Waals surface area contributed by atoms with Gasteiger partial charge in [0.05, 0.1) is 5.60 Å². The molecule has 0 aliphatic carbocycles.